The lowest BCUT2D eigenvalue weighted by atomic mass is 10.1. The van der Waals surface area contributed by atoms with Crippen LogP contribution < -0.4 is 15.8 Å². The van der Waals surface area contributed by atoms with Crippen molar-refractivity contribution in [2.24, 2.45) is 13.0 Å². The van der Waals surface area contributed by atoms with Crippen LogP contribution in [0, 0.1) is 5.92 Å². The van der Waals surface area contributed by atoms with Gasteiger partial charge in [0.15, 0.2) is 0 Å². The quantitative estimate of drug-likeness (QED) is 0.742. The minimum Gasteiger partial charge on any atom is -0.379 e. The second kappa shape index (κ2) is 8.10. The van der Waals surface area contributed by atoms with Crippen LogP contribution >= 0.6 is 0 Å². The summed E-state index contributed by atoms with van der Waals surface area (Å²) in [5.41, 5.74) is 0.647. The van der Waals surface area contributed by atoms with E-state index < -0.39 is 0 Å². The Kier molecular flexibility index (Phi) is 6.15. The van der Waals surface area contributed by atoms with Crippen molar-refractivity contribution in [3.63, 3.8) is 0 Å². The maximum Gasteiger partial charge on any atom is 0.268 e. The van der Waals surface area contributed by atoms with Crippen LogP contribution in [0.5, 0.6) is 0 Å². The van der Waals surface area contributed by atoms with Crippen molar-refractivity contribution in [2.45, 2.75) is 32.8 Å². The molecule has 1 saturated heterocycles. The highest BCUT2D eigenvalue weighted by Crippen LogP contribution is 2.22. The lowest BCUT2D eigenvalue weighted by Gasteiger charge is -2.18. The molecule has 128 valence electrons. The van der Waals surface area contributed by atoms with Gasteiger partial charge in [0, 0.05) is 39.4 Å². The SMILES string of the molecule is CC(C)OCCCNC(=O)C1CCN(c2cnn(C)c(=O)c2)C1. The van der Waals surface area contributed by atoms with E-state index in [2.05, 4.69) is 10.4 Å². The highest BCUT2D eigenvalue weighted by molar-refractivity contribution is 5.80. The van der Waals surface area contributed by atoms with Crippen molar-refractivity contribution in [1.82, 2.24) is 15.1 Å². The molecule has 7 nitrogen and oxygen atoms in total. The molecule has 1 amide bonds. The number of aromatic nitrogens is 2. The lowest BCUT2D eigenvalue weighted by molar-refractivity contribution is -0.124. The van der Waals surface area contributed by atoms with Gasteiger partial charge in [0.05, 0.1) is 23.9 Å². The molecule has 0 spiro atoms. The third-order valence-electron chi connectivity index (χ3n) is 3.95. The van der Waals surface area contributed by atoms with Gasteiger partial charge in [0.25, 0.3) is 5.56 Å². The molecule has 1 fully saturated rings. The van der Waals surface area contributed by atoms with Gasteiger partial charge in [-0.25, -0.2) is 4.68 Å². The van der Waals surface area contributed by atoms with Gasteiger partial charge in [-0.1, -0.05) is 0 Å². The monoisotopic (exact) mass is 322 g/mol. The molecule has 2 rings (SSSR count). The molecule has 1 unspecified atom stereocenters. The topological polar surface area (TPSA) is 76.5 Å². The number of nitrogens with one attached hydrogen (secondary N) is 1. The van der Waals surface area contributed by atoms with Crippen molar-refractivity contribution >= 4 is 11.6 Å². The van der Waals surface area contributed by atoms with E-state index in [1.165, 1.54) is 4.68 Å². The second-order valence-electron chi connectivity index (χ2n) is 6.17. The van der Waals surface area contributed by atoms with E-state index in [0.717, 1.165) is 25.1 Å². The molecule has 0 radical (unpaired) electrons. The van der Waals surface area contributed by atoms with Gasteiger partial charge < -0.3 is 15.0 Å². The van der Waals surface area contributed by atoms with Crippen LogP contribution in [0.1, 0.15) is 26.7 Å². The predicted octanol–water partition coefficient (Wildman–Crippen LogP) is 0.538. The van der Waals surface area contributed by atoms with Gasteiger partial charge in [0.2, 0.25) is 5.91 Å². The molecule has 1 aliphatic rings. The van der Waals surface area contributed by atoms with E-state index in [1.54, 1.807) is 19.3 Å². The lowest BCUT2D eigenvalue weighted by Crippen LogP contribution is -2.34. The number of aryl methyl sites for hydroxylation is 1. The van der Waals surface area contributed by atoms with Crippen molar-refractivity contribution < 1.29 is 9.53 Å². The smallest absolute Gasteiger partial charge is 0.268 e. The molecule has 1 N–H and O–H groups in total. The first-order valence-corrected chi connectivity index (χ1v) is 8.15. The molecule has 1 atom stereocenters. The Bertz CT molecular complexity index is 585. The van der Waals surface area contributed by atoms with E-state index in [4.69, 9.17) is 4.74 Å². The van der Waals surface area contributed by atoms with Crippen molar-refractivity contribution in [3.8, 4) is 0 Å². The second-order valence-corrected chi connectivity index (χ2v) is 6.17. The fourth-order valence-electron chi connectivity index (χ4n) is 2.59. The zero-order valence-electron chi connectivity index (χ0n) is 14.1. The Morgan fingerprint density at radius 3 is 3.00 bits per heavy atom. The van der Waals surface area contributed by atoms with E-state index in [0.29, 0.717) is 19.7 Å². The van der Waals surface area contributed by atoms with Crippen LogP contribution in [0.4, 0.5) is 5.69 Å². The Balaban J connectivity index is 1.77. The molecule has 0 saturated carbocycles. The van der Waals surface area contributed by atoms with Gasteiger partial charge in [-0.3, -0.25) is 9.59 Å². The first-order valence-electron chi connectivity index (χ1n) is 8.15. The minimum atomic E-state index is -0.138. The van der Waals surface area contributed by atoms with E-state index in [9.17, 15) is 9.59 Å². The normalized spacial score (nSPS) is 17.7. The summed E-state index contributed by atoms with van der Waals surface area (Å²) >= 11 is 0. The number of rotatable bonds is 7. The summed E-state index contributed by atoms with van der Waals surface area (Å²) in [6, 6.07) is 1.57. The molecule has 23 heavy (non-hydrogen) atoms. The van der Waals surface area contributed by atoms with Crippen LogP contribution in [-0.2, 0) is 16.6 Å². The number of hydrogen-bond acceptors (Lipinski definition) is 5. The Labute approximate surface area is 136 Å². The predicted molar refractivity (Wildman–Crippen MR) is 88.5 cm³/mol. The van der Waals surface area contributed by atoms with Crippen LogP contribution in [0.25, 0.3) is 0 Å². The zero-order valence-corrected chi connectivity index (χ0v) is 14.1. The largest absolute Gasteiger partial charge is 0.379 e. The number of ether oxygens (including phenoxy) is 1. The van der Waals surface area contributed by atoms with Gasteiger partial charge in [-0.05, 0) is 26.7 Å². The zero-order chi connectivity index (χ0) is 16.8. The molecule has 0 bridgehead atoms. The van der Waals surface area contributed by atoms with E-state index in [1.807, 2.05) is 18.7 Å². The molecule has 1 aromatic rings. The summed E-state index contributed by atoms with van der Waals surface area (Å²) in [4.78, 5) is 25.9. The average molecular weight is 322 g/mol. The highest BCUT2D eigenvalue weighted by Gasteiger charge is 2.28. The number of hydrogen-bond donors (Lipinski definition) is 1. The summed E-state index contributed by atoms with van der Waals surface area (Å²) < 4.78 is 6.74. The van der Waals surface area contributed by atoms with Crippen molar-refractivity contribution in [1.29, 1.82) is 0 Å². The van der Waals surface area contributed by atoms with Gasteiger partial charge in [-0.15, -0.1) is 0 Å². The summed E-state index contributed by atoms with van der Waals surface area (Å²) in [6.07, 6.45) is 3.51. The van der Waals surface area contributed by atoms with Crippen molar-refractivity contribution in [3.05, 3.63) is 22.6 Å². The third-order valence-corrected chi connectivity index (χ3v) is 3.95. The van der Waals surface area contributed by atoms with Crippen LogP contribution in [0.3, 0.4) is 0 Å². The molecular weight excluding hydrogens is 296 g/mol. The molecule has 0 aliphatic carbocycles. The molecule has 1 aliphatic heterocycles. The van der Waals surface area contributed by atoms with Crippen molar-refractivity contribution in [2.75, 3.05) is 31.1 Å². The summed E-state index contributed by atoms with van der Waals surface area (Å²) in [7, 11) is 1.62. The maximum atomic E-state index is 12.2. The summed E-state index contributed by atoms with van der Waals surface area (Å²) in [6.45, 7) is 6.69. The third kappa shape index (κ3) is 5.06. The summed E-state index contributed by atoms with van der Waals surface area (Å²) in [5, 5.41) is 6.99. The average Bonchev–Trinajstić information content (AvgIpc) is 2.99. The molecular formula is C16H26N4O3. The fraction of sp³-hybridized carbons (Fsp3) is 0.688. The number of amides is 1. The van der Waals surface area contributed by atoms with Gasteiger partial charge in [0.1, 0.15) is 0 Å². The number of anilines is 1. The van der Waals surface area contributed by atoms with Gasteiger partial charge >= 0.3 is 0 Å². The molecule has 7 heteroatoms. The highest BCUT2D eigenvalue weighted by atomic mass is 16.5. The van der Waals surface area contributed by atoms with Gasteiger partial charge in [-0.2, -0.15) is 5.10 Å². The Morgan fingerprint density at radius 2 is 2.30 bits per heavy atom. The molecule has 1 aromatic heterocycles. The Morgan fingerprint density at radius 1 is 1.52 bits per heavy atom. The fourth-order valence-corrected chi connectivity index (χ4v) is 2.59. The molecule has 2 heterocycles. The minimum absolute atomic E-state index is 0.0370. The number of carbonyl (C=O) groups is 1. The first-order chi connectivity index (χ1) is 11.0. The summed E-state index contributed by atoms with van der Waals surface area (Å²) in [5.74, 6) is 0.0407. The van der Waals surface area contributed by atoms with Crippen LogP contribution in [0.15, 0.2) is 17.1 Å². The first kappa shape index (κ1) is 17.5. The van der Waals surface area contributed by atoms with Crippen LogP contribution in [0.2, 0.25) is 0 Å². The maximum absolute atomic E-state index is 12.2. The number of nitrogens with zero attached hydrogens (tertiary/aromatic N) is 3. The molecule has 0 aromatic carbocycles. The standard InChI is InChI=1S/C16H26N4O3/c1-12(2)23-8-4-6-17-16(22)13-5-7-20(11-13)14-9-15(21)19(3)18-10-14/h9-10,12-13H,4-8,11H2,1-3H3,(H,17,22). The van der Waals surface area contributed by atoms with Crippen LogP contribution in [-0.4, -0.2) is 48.0 Å². The number of carbonyl (C=O) groups excluding carboxylic acids is 1. The Hall–Kier alpha value is -1.89. The van der Waals surface area contributed by atoms with E-state index >= 15 is 0 Å². The van der Waals surface area contributed by atoms with E-state index in [-0.39, 0.29) is 23.5 Å².